The molecule has 0 radical (unpaired) electrons. The first-order valence-electron chi connectivity index (χ1n) is 17.1. The average Bonchev–Trinajstić information content (AvgIpc) is 3.85. The fourth-order valence-electron chi connectivity index (χ4n) is 5.92. The van der Waals surface area contributed by atoms with E-state index in [1.807, 2.05) is 91.0 Å². The Morgan fingerprint density at radius 2 is 1.40 bits per heavy atom. The summed E-state index contributed by atoms with van der Waals surface area (Å²) >= 11 is 3.15. The number of allylic oxidation sites excluding steroid dienone is 1. The van der Waals surface area contributed by atoms with Crippen LogP contribution in [0, 0.1) is 10.1 Å². The lowest BCUT2D eigenvalue weighted by molar-refractivity contribution is -0.384. The van der Waals surface area contributed by atoms with Gasteiger partial charge in [0.2, 0.25) is 0 Å². The molecule has 8 aromatic rings. The molecule has 0 aliphatic carbocycles. The lowest BCUT2D eigenvalue weighted by atomic mass is 10.0. The number of fused-ring (bicyclic) bond motifs is 2. The molecule has 0 saturated heterocycles. The number of benzene rings is 6. The predicted molar refractivity (Wildman–Crippen MR) is 222 cm³/mol. The minimum absolute atomic E-state index is 0.0322. The van der Waals surface area contributed by atoms with E-state index in [0.29, 0.717) is 5.71 Å². The summed E-state index contributed by atoms with van der Waals surface area (Å²) in [7, 11) is 0. The maximum atomic E-state index is 12.8. The van der Waals surface area contributed by atoms with Gasteiger partial charge in [-0.15, -0.1) is 22.7 Å². The van der Waals surface area contributed by atoms with E-state index in [9.17, 15) is 20.0 Å². The normalized spacial score (nSPS) is 12.1. The number of phenolic OH excluding ortho intramolecular Hbond substituents is 1. The quantitative estimate of drug-likeness (QED) is 0.0812. The Bertz CT molecular complexity index is 2770. The fourth-order valence-corrected chi connectivity index (χ4v) is 7.93. The highest BCUT2D eigenvalue weighted by atomic mass is 32.1. The van der Waals surface area contributed by atoms with Crippen LogP contribution < -0.4 is 5.43 Å². The van der Waals surface area contributed by atoms with E-state index in [2.05, 4.69) is 34.8 Å². The third kappa shape index (κ3) is 7.84. The van der Waals surface area contributed by atoms with Crippen LogP contribution in [0.4, 0.5) is 5.69 Å². The van der Waals surface area contributed by atoms with Crippen LogP contribution in [0.5, 0.6) is 5.75 Å². The van der Waals surface area contributed by atoms with Gasteiger partial charge in [0, 0.05) is 23.3 Å². The number of amides is 1. The molecule has 8 rings (SSSR count). The molecule has 0 aliphatic heterocycles. The number of hydrogen-bond acceptors (Lipinski definition) is 9. The Balaban J connectivity index is 1.10. The van der Waals surface area contributed by atoms with Gasteiger partial charge in [-0.05, 0) is 89.0 Å². The van der Waals surface area contributed by atoms with Crippen molar-refractivity contribution < 1.29 is 14.8 Å². The largest absolute Gasteiger partial charge is 0.507 e. The van der Waals surface area contributed by atoms with E-state index in [1.54, 1.807) is 46.9 Å². The number of carbonyl (C=O) groups is 1. The maximum Gasteiger partial charge on any atom is 0.275 e. The molecule has 266 valence electrons. The lowest BCUT2D eigenvalue weighted by Gasteiger charge is -2.06. The van der Waals surface area contributed by atoms with E-state index < -0.39 is 10.8 Å². The van der Waals surface area contributed by atoms with Gasteiger partial charge in [0.15, 0.2) is 0 Å². The van der Waals surface area contributed by atoms with Crippen molar-refractivity contribution >= 4 is 78.1 Å². The van der Waals surface area contributed by atoms with Gasteiger partial charge in [0.05, 0.1) is 36.6 Å². The fraction of sp³-hybridized carbons (Fsp3) is 0. The average molecular weight is 756 g/mol. The van der Waals surface area contributed by atoms with Crippen molar-refractivity contribution in [1.29, 1.82) is 0 Å². The Morgan fingerprint density at radius 3 is 2.16 bits per heavy atom. The highest BCUT2D eigenvalue weighted by Crippen LogP contribution is 2.37. The third-order valence-corrected chi connectivity index (χ3v) is 10.8. The summed E-state index contributed by atoms with van der Waals surface area (Å²) in [6, 6.07) is 44.6. The number of hydrogen-bond donors (Lipinski definition) is 2. The number of aromatic nitrogens is 2. The lowest BCUT2D eigenvalue weighted by Crippen LogP contribution is -2.19. The first-order chi connectivity index (χ1) is 26.9. The minimum atomic E-state index is -0.517. The van der Waals surface area contributed by atoms with Gasteiger partial charge in [0.25, 0.3) is 11.6 Å². The number of thiazole rings is 2. The second-order valence-corrected chi connectivity index (χ2v) is 14.4. The Hall–Kier alpha value is -7.08. The molecule has 0 bridgehead atoms. The van der Waals surface area contributed by atoms with E-state index in [4.69, 9.17) is 9.97 Å². The molecule has 2 heterocycles. The van der Waals surface area contributed by atoms with Crippen LogP contribution in [0.15, 0.2) is 157 Å². The van der Waals surface area contributed by atoms with Crippen molar-refractivity contribution in [1.82, 2.24) is 15.4 Å². The van der Waals surface area contributed by atoms with Crippen LogP contribution in [0.1, 0.15) is 37.1 Å². The number of aromatic hydroxyl groups is 1. The van der Waals surface area contributed by atoms with Gasteiger partial charge in [-0.25, -0.2) is 15.4 Å². The number of nitro benzene ring substituents is 1. The molecule has 0 atom stereocenters. The van der Waals surface area contributed by atoms with E-state index in [0.717, 1.165) is 63.8 Å². The monoisotopic (exact) mass is 755 g/mol. The van der Waals surface area contributed by atoms with Gasteiger partial charge in [-0.2, -0.15) is 5.10 Å². The highest BCUT2D eigenvalue weighted by molar-refractivity contribution is 7.22. The molecule has 0 unspecified atom stereocenters. The van der Waals surface area contributed by atoms with Gasteiger partial charge >= 0.3 is 0 Å². The van der Waals surface area contributed by atoms with Gasteiger partial charge < -0.3 is 5.11 Å². The van der Waals surface area contributed by atoms with Crippen LogP contribution in [0.2, 0.25) is 0 Å². The topological polar surface area (TPSA) is 131 Å². The number of nitro groups is 1. The summed E-state index contributed by atoms with van der Waals surface area (Å²) in [5.41, 5.74) is 10.4. The van der Waals surface area contributed by atoms with Crippen molar-refractivity contribution in [2.24, 2.45) is 5.10 Å². The van der Waals surface area contributed by atoms with Crippen LogP contribution in [0.25, 0.3) is 49.3 Å². The first kappa shape index (κ1) is 35.0. The molecule has 0 fully saturated rings. The summed E-state index contributed by atoms with van der Waals surface area (Å²) < 4.78 is 2.07. The smallest absolute Gasteiger partial charge is 0.275 e. The van der Waals surface area contributed by atoms with Crippen molar-refractivity contribution in [3.8, 4) is 16.9 Å². The van der Waals surface area contributed by atoms with Crippen LogP contribution in [0.3, 0.4) is 0 Å². The molecule has 55 heavy (non-hydrogen) atoms. The number of rotatable bonds is 10. The molecule has 0 spiro atoms. The maximum absolute atomic E-state index is 12.8. The number of hydrazone groups is 1. The molecule has 2 N–H and O–H groups in total. The molecule has 9 nitrogen and oxygen atoms in total. The summed E-state index contributed by atoms with van der Waals surface area (Å²) in [6.45, 7) is 0. The van der Waals surface area contributed by atoms with E-state index in [1.165, 1.54) is 24.3 Å². The number of carbonyl (C=O) groups excluding carboxylic acids is 1. The summed E-state index contributed by atoms with van der Waals surface area (Å²) in [4.78, 5) is 33.7. The first-order valence-corrected chi connectivity index (χ1v) is 18.7. The van der Waals surface area contributed by atoms with Crippen LogP contribution >= 0.6 is 22.7 Å². The zero-order chi connectivity index (χ0) is 37.7. The third-order valence-electron chi connectivity index (χ3n) is 8.71. The molecular weight excluding hydrogens is 727 g/mol. The SMILES string of the molecule is O=C(N/N=C(/C=C/c1cccc(-c2ccc3sc(/C(=C/c4ccc([N+](=O)[O-])cc4)c4nc5ccccc5s4)nc3c2)c1)c1ccccc1)c1ccccc1O. The zero-order valence-electron chi connectivity index (χ0n) is 28.9. The summed E-state index contributed by atoms with van der Waals surface area (Å²) in [5, 5.41) is 27.4. The molecular formula is C44H29N5O4S2. The Kier molecular flexibility index (Phi) is 9.85. The standard InChI is InChI=1S/C44H29N5O4S2/c50-39-15-6-4-13-34(39)42(51)48-47-36(30-10-2-1-3-11-30)23-19-28-9-8-12-31(25-28)32-20-24-41-38(27-32)46-44(55-41)35(26-29-17-21-33(22-18-29)49(52)53)43-45-37-14-5-7-16-40(37)54-43/h1-27,50H,(H,48,51)/b23-19+,35-26+,47-36-. The predicted octanol–water partition coefficient (Wildman–Crippen LogP) is 10.6. The highest BCUT2D eigenvalue weighted by Gasteiger charge is 2.17. The molecule has 11 heteroatoms. The number of nitrogens with zero attached hydrogens (tertiary/aromatic N) is 4. The second kappa shape index (κ2) is 15.5. The number of para-hydroxylation sites is 2. The number of nitrogens with one attached hydrogen (secondary N) is 1. The van der Waals surface area contributed by atoms with Gasteiger partial charge in [-0.1, -0.05) is 84.9 Å². The molecule has 2 aromatic heterocycles. The summed E-state index contributed by atoms with van der Waals surface area (Å²) in [6.07, 6.45) is 5.77. The minimum Gasteiger partial charge on any atom is -0.507 e. The second-order valence-electron chi connectivity index (χ2n) is 12.4. The van der Waals surface area contributed by atoms with E-state index in [-0.39, 0.29) is 17.0 Å². The summed E-state index contributed by atoms with van der Waals surface area (Å²) in [5.74, 6) is -0.639. The Labute approximate surface area is 323 Å². The number of non-ortho nitro benzene ring substituents is 1. The molecule has 0 saturated carbocycles. The van der Waals surface area contributed by atoms with Gasteiger partial charge in [-0.3, -0.25) is 14.9 Å². The molecule has 0 aliphatic rings. The van der Waals surface area contributed by atoms with E-state index >= 15 is 0 Å². The van der Waals surface area contributed by atoms with Crippen LogP contribution in [-0.2, 0) is 0 Å². The number of phenols is 1. The van der Waals surface area contributed by atoms with Crippen molar-refractivity contribution in [3.63, 3.8) is 0 Å². The van der Waals surface area contributed by atoms with Gasteiger partial charge in [0.1, 0.15) is 15.8 Å². The van der Waals surface area contributed by atoms with Crippen molar-refractivity contribution in [3.05, 3.63) is 194 Å². The molecule has 6 aromatic carbocycles. The van der Waals surface area contributed by atoms with Crippen LogP contribution in [-0.4, -0.2) is 31.6 Å². The van der Waals surface area contributed by atoms with Crippen molar-refractivity contribution in [2.75, 3.05) is 0 Å². The molecule has 1 amide bonds. The zero-order valence-corrected chi connectivity index (χ0v) is 30.5. The van der Waals surface area contributed by atoms with Crippen molar-refractivity contribution in [2.45, 2.75) is 0 Å². The Morgan fingerprint density at radius 1 is 0.709 bits per heavy atom.